The van der Waals surface area contributed by atoms with E-state index in [1.807, 2.05) is 44.3 Å². The van der Waals surface area contributed by atoms with E-state index in [4.69, 9.17) is 16.6 Å². The average molecular weight is 297 g/mol. The summed E-state index contributed by atoms with van der Waals surface area (Å²) in [6, 6.07) is 14.2. The molecule has 0 bridgehead atoms. The molecule has 3 heteroatoms. The molecule has 0 spiro atoms. The lowest BCUT2D eigenvalue weighted by Gasteiger charge is -2.16. The molecule has 1 aromatic heterocycles. The quantitative estimate of drug-likeness (QED) is 0.702. The second kappa shape index (κ2) is 5.38. The van der Waals surface area contributed by atoms with Crippen LogP contribution >= 0.6 is 11.6 Å². The van der Waals surface area contributed by atoms with E-state index in [1.165, 1.54) is 0 Å². The zero-order chi connectivity index (χ0) is 15.0. The van der Waals surface area contributed by atoms with Crippen molar-refractivity contribution in [1.29, 1.82) is 0 Å². The Morgan fingerprint density at radius 3 is 2.43 bits per heavy atom. The highest BCUT2D eigenvalue weighted by atomic mass is 35.5. The van der Waals surface area contributed by atoms with E-state index in [1.54, 1.807) is 0 Å². The molecular weight excluding hydrogens is 280 g/mol. The zero-order valence-corrected chi connectivity index (χ0v) is 13.1. The Hall–Kier alpha value is -2.06. The van der Waals surface area contributed by atoms with Gasteiger partial charge in [-0.05, 0) is 37.1 Å². The number of anilines is 1. The van der Waals surface area contributed by atoms with E-state index < -0.39 is 0 Å². The molecule has 3 aromatic rings. The van der Waals surface area contributed by atoms with E-state index in [0.29, 0.717) is 0 Å². The van der Waals surface area contributed by atoms with Gasteiger partial charge in [0, 0.05) is 28.7 Å². The van der Waals surface area contributed by atoms with E-state index in [-0.39, 0.29) is 0 Å². The molecule has 3 rings (SSSR count). The molecule has 0 saturated heterocycles. The number of aromatic nitrogens is 1. The van der Waals surface area contributed by atoms with Crippen LogP contribution in [0.25, 0.3) is 22.2 Å². The second-order valence-electron chi connectivity index (χ2n) is 5.20. The van der Waals surface area contributed by atoms with E-state index in [2.05, 4.69) is 24.4 Å². The Labute approximate surface area is 129 Å². The minimum Gasteiger partial charge on any atom is -0.387 e. The highest BCUT2D eigenvalue weighted by molar-refractivity contribution is 6.31. The summed E-state index contributed by atoms with van der Waals surface area (Å²) >= 11 is 6.21. The van der Waals surface area contributed by atoms with Crippen LogP contribution in [-0.2, 0) is 0 Å². The van der Waals surface area contributed by atoms with Gasteiger partial charge in [-0.25, -0.2) is 4.98 Å². The Morgan fingerprint density at radius 2 is 1.76 bits per heavy atom. The Bertz CT molecular complexity index is 811. The molecule has 0 atom stereocenters. The predicted molar refractivity (Wildman–Crippen MR) is 91.2 cm³/mol. The third-order valence-corrected chi connectivity index (χ3v) is 4.00. The first-order chi connectivity index (χ1) is 10.1. The van der Waals surface area contributed by atoms with Gasteiger partial charge in [-0.2, -0.15) is 0 Å². The summed E-state index contributed by atoms with van der Waals surface area (Å²) in [6.07, 6.45) is 0. The van der Waals surface area contributed by atoms with E-state index in [0.717, 1.165) is 44.0 Å². The lowest BCUT2D eigenvalue weighted by Crippen LogP contribution is -2.00. The third kappa shape index (κ3) is 2.36. The molecule has 106 valence electrons. The number of halogens is 1. The minimum atomic E-state index is 0.741. The van der Waals surface area contributed by atoms with Crippen molar-refractivity contribution in [2.75, 3.05) is 12.4 Å². The van der Waals surface area contributed by atoms with Gasteiger partial charge in [0.25, 0.3) is 0 Å². The first-order valence-electron chi connectivity index (χ1n) is 6.95. The van der Waals surface area contributed by atoms with Gasteiger partial charge in [0.1, 0.15) is 0 Å². The molecule has 1 heterocycles. The van der Waals surface area contributed by atoms with Crippen molar-refractivity contribution < 1.29 is 0 Å². The van der Waals surface area contributed by atoms with Crippen LogP contribution in [0.4, 0.5) is 5.69 Å². The standard InChI is InChI=1S/C18H17ClN2/c1-11-9-14(19)10-15-16(11)21-17(12(2)18(15)20-3)13-7-5-4-6-8-13/h4-10H,1-3H3,(H,20,21). The van der Waals surface area contributed by atoms with E-state index >= 15 is 0 Å². The van der Waals surface area contributed by atoms with Gasteiger partial charge in [0.05, 0.1) is 11.2 Å². The number of nitrogens with one attached hydrogen (secondary N) is 1. The maximum atomic E-state index is 6.21. The van der Waals surface area contributed by atoms with Crippen LogP contribution in [0.5, 0.6) is 0 Å². The fourth-order valence-corrected chi connectivity index (χ4v) is 3.06. The molecule has 1 N–H and O–H groups in total. The number of benzene rings is 2. The van der Waals surface area contributed by atoms with Crippen LogP contribution in [0, 0.1) is 13.8 Å². The molecule has 21 heavy (non-hydrogen) atoms. The van der Waals surface area contributed by atoms with Gasteiger partial charge in [0.2, 0.25) is 0 Å². The highest BCUT2D eigenvalue weighted by Crippen LogP contribution is 2.35. The Kier molecular flexibility index (Phi) is 3.56. The number of aryl methyl sites for hydroxylation is 1. The third-order valence-electron chi connectivity index (χ3n) is 3.79. The van der Waals surface area contributed by atoms with Gasteiger partial charge in [-0.15, -0.1) is 0 Å². The van der Waals surface area contributed by atoms with Gasteiger partial charge >= 0.3 is 0 Å². The van der Waals surface area contributed by atoms with Gasteiger partial charge in [-0.3, -0.25) is 0 Å². The fourth-order valence-electron chi connectivity index (χ4n) is 2.79. The zero-order valence-electron chi connectivity index (χ0n) is 12.4. The van der Waals surface area contributed by atoms with Crippen molar-refractivity contribution in [2.24, 2.45) is 0 Å². The molecule has 0 aliphatic rings. The number of rotatable bonds is 2. The molecule has 0 fully saturated rings. The lowest BCUT2D eigenvalue weighted by molar-refractivity contribution is 1.30. The van der Waals surface area contributed by atoms with Crippen LogP contribution in [0.3, 0.4) is 0 Å². The molecule has 0 unspecified atom stereocenters. The van der Waals surface area contributed by atoms with Gasteiger partial charge < -0.3 is 5.32 Å². The van der Waals surface area contributed by atoms with Crippen LogP contribution in [0.15, 0.2) is 42.5 Å². The lowest BCUT2D eigenvalue weighted by atomic mass is 10.0. The fraction of sp³-hybridized carbons (Fsp3) is 0.167. The highest BCUT2D eigenvalue weighted by Gasteiger charge is 2.14. The van der Waals surface area contributed by atoms with Crippen LogP contribution in [0.2, 0.25) is 5.02 Å². The van der Waals surface area contributed by atoms with Crippen molar-refractivity contribution in [2.45, 2.75) is 13.8 Å². The molecule has 0 aliphatic carbocycles. The van der Waals surface area contributed by atoms with Crippen LogP contribution in [-0.4, -0.2) is 12.0 Å². The van der Waals surface area contributed by atoms with Crippen molar-refractivity contribution in [1.82, 2.24) is 4.98 Å². The summed E-state index contributed by atoms with van der Waals surface area (Å²) in [4.78, 5) is 4.90. The second-order valence-corrected chi connectivity index (χ2v) is 5.63. The number of pyridine rings is 1. The van der Waals surface area contributed by atoms with Crippen molar-refractivity contribution in [3.8, 4) is 11.3 Å². The summed E-state index contributed by atoms with van der Waals surface area (Å²) in [6.45, 7) is 4.14. The number of fused-ring (bicyclic) bond motifs is 1. The van der Waals surface area contributed by atoms with Gasteiger partial charge in [-0.1, -0.05) is 41.9 Å². The topological polar surface area (TPSA) is 24.9 Å². The predicted octanol–water partition coefficient (Wildman–Crippen LogP) is 5.21. The van der Waals surface area contributed by atoms with Crippen molar-refractivity contribution in [3.05, 3.63) is 58.6 Å². The summed E-state index contributed by atoms with van der Waals surface area (Å²) in [5, 5.41) is 5.11. The first kappa shape index (κ1) is 13.9. The Balaban J connectivity index is 2.41. The molecule has 2 aromatic carbocycles. The van der Waals surface area contributed by atoms with Crippen molar-refractivity contribution >= 4 is 28.2 Å². The number of hydrogen-bond donors (Lipinski definition) is 1. The monoisotopic (exact) mass is 296 g/mol. The largest absolute Gasteiger partial charge is 0.387 e. The average Bonchev–Trinajstić information content (AvgIpc) is 2.47. The molecule has 0 saturated carbocycles. The summed E-state index contributed by atoms with van der Waals surface area (Å²) < 4.78 is 0. The maximum absolute atomic E-state index is 6.21. The molecule has 2 nitrogen and oxygen atoms in total. The normalized spacial score (nSPS) is 10.9. The molecule has 0 amide bonds. The van der Waals surface area contributed by atoms with Crippen molar-refractivity contribution in [3.63, 3.8) is 0 Å². The van der Waals surface area contributed by atoms with Gasteiger partial charge in [0.15, 0.2) is 0 Å². The van der Waals surface area contributed by atoms with Crippen LogP contribution < -0.4 is 5.32 Å². The Morgan fingerprint density at radius 1 is 1.05 bits per heavy atom. The van der Waals surface area contributed by atoms with Crippen LogP contribution in [0.1, 0.15) is 11.1 Å². The number of nitrogens with zero attached hydrogens (tertiary/aromatic N) is 1. The molecule has 0 radical (unpaired) electrons. The SMILES string of the molecule is CNc1c(C)c(-c2ccccc2)nc2c(C)cc(Cl)cc12. The summed E-state index contributed by atoms with van der Waals surface area (Å²) in [5.41, 5.74) is 6.45. The minimum absolute atomic E-state index is 0.741. The smallest absolute Gasteiger partial charge is 0.0760 e. The molecular formula is C18H17ClN2. The first-order valence-corrected chi connectivity index (χ1v) is 7.33. The maximum Gasteiger partial charge on any atom is 0.0760 e. The van der Waals surface area contributed by atoms with E-state index in [9.17, 15) is 0 Å². The summed E-state index contributed by atoms with van der Waals surface area (Å²) in [5.74, 6) is 0. The summed E-state index contributed by atoms with van der Waals surface area (Å²) in [7, 11) is 1.94. The molecule has 0 aliphatic heterocycles. The number of hydrogen-bond acceptors (Lipinski definition) is 2.